The highest BCUT2D eigenvalue weighted by Crippen LogP contribution is 2.36. The van der Waals surface area contributed by atoms with Gasteiger partial charge >= 0.3 is 5.69 Å². The van der Waals surface area contributed by atoms with Crippen molar-refractivity contribution in [3.63, 3.8) is 0 Å². The van der Waals surface area contributed by atoms with Crippen LogP contribution in [0.15, 0.2) is 72.8 Å². The second-order valence-electron chi connectivity index (χ2n) is 5.15. The molecule has 3 rings (SSSR count). The van der Waals surface area contributed by atoms with Gasteiger partial charge in [-0.15, -0.1) is 0 Å². The Kier molecular flexibility index (Phi) is 4.91. The van der Waals surface area contributed by atoms with E-state index in [4.69, 9.17) is 4.74 Å². The lowest BCUT2D eigenvalue weighted by Gasteiger charge is -2.11. The van der Waals surface area contributed by atoms with Crippen LogP contribution in [0.25, 0.3) is 11.1 Å². The van der Waals surface area contributed by atoms with Crippen LogP contribution in [-0.2, 0) is 5.33 Å². The topological polar surface area (TPSA) is 52.4 Å². The fourth-order valence-electron chi connectivity index (χ4n) is 2.38. The molecule has 0 radical (unpaired) electrons. The lowest BCUT2D eigenvalue weighted by Crippen LogP contribution is -1.94. The van der Waals surface area contributed by atoms with Gasteiger partial charge in [-0.2, -0.15) is 0 Å². The Morgan fingerprint density at radius 1 is 0.875 bits per heavy atom. The summed E-state index contributed by atoms with van der Waals surface area (Å²) in [6.07, 6.45) is 0. The average Bonchev–Trinajstić information content (AvgIpc) is 2.62. The van der Waals surface area contributed by atoms with Crippen LogP contribution in [-0.4, -0.2) is 4.92 Å². The van der Waals surface area contributed by atoms with Gasteiger partial charge in [-0.25, -0.2) is 0 Å². The first-order chi connectivity index (χ1) is 11.7. The summed E-state index contributed by atoms with van der Waals surface area (Å²) in [7, 11) is 0. The van der Waals surface area contributed by atoms with E-state index in [1.807, 2.05) is 48.5 Å². The maximum absolute atomic E-state index is 11.2. The van der Waals surface area contributed by atoms with Crippen molar-refractivity contribution in [3.05, 3.63) is 88.5 Å². The van der Waals surface area contributed by atoms with Gasteiger partial charge < -0.3 is 4.74 Å². The van der Waals surface area contributed by atoms with Gasteiger partial charge in [0, 0.05) is 17.0 Å². The molecule has 3 aromatic rings. The van der Waals surface area contributed by atoms with Crippen LogP contribution >= 0.6 is 15.9 Å². The van der Waals surface area contributed by atoms with Crippen molar-refractivity contribution in [1.82, 2.24) is 0 Å². The number of hydrogen-bond acceptors (Lipinski definition) is 3. The van der Waals surface area contributed by atoms with Gasteiger partial charge in [-0.3, -0.25) is 10.1 Å². The molecule has 3 aromatic carbocycles. The monoisotopic (exact) mass is 383 g/mol. The average molecular weight is 384 g/mol. The first-order valence-electron chi connectivity index (χ1n) is 7.34. The number of rotatable bonds is 5. The van der Waals surface area contributed by atoms with Gasteiger partial charge in [0.2, 0.25) is 5.75 Å². The van der Waals surface area contributed by atoms with Crippen LogP contribution in [0.2, 0.25) is 0 Å². The largest absolute Gasteiger partial charge is 0.449 e. The quantitative estimate of drug-likeness (QED) is 0.310. The number of hydrogen-bond donors (Lipinski definition) is 0. The molecule has 0 unspecified atom stereocenters. The maximum atomic E-state index is 11.2. The summed E-state index contributed by atoms with van der Waals surface area (Å²) in [5.74, 6) is 0.811. The van der Waals surface area contributed by atoms with E-state index in [1.54, 1.807) is 18.2 Å². The second-order valence-corrected chi connectivity index (χ2v) is 5.71. The Balaban J connectivity index is 1.99. The molecule has 0 saturated heterocycles. The third-order valence-electron chi connectivity index (χ3n) is 3.59. The maximum Gasteiger partial charge on any atom is 0.311 e. The summed E-state index contributed by atoms with van der Waals surface area (Å²) in [5.41, 5.74) is 3.00. The van der Waals surface area contributed by atoms with Crippen molar-refractivity contribution in [2.75, 3.05) is 0 Å². The number of ether oxygens (including phenoxy) is 1. The Bertz CT molecular complexity index is 862. The minimum Gasteiger partial charge on any atom is -0.449 e. The van der Waals surface area contributed by atoms with Crippen molar-refractivity contribution < 1.29 is 9.66 Å². The Hall–Kier alpha value is -2.66. The van der Waals surface area contributed by atoms with Gasteiger partial charge in [0.1, 0.15) is 5.75 Å². The van der Waals surface area contributed by atoms with Crippen molar-refractivity contribution in [1.29, 1.82) is 0 Å². The molecular weight excluding hydrogens is 370 g/mol. The highest BCUT2D eigenvalue weighted by Gasteiger charge is 2.16. The molecule has 0 aromatic heterocycles. The molecule has 0 N–H and O–H groups in total. The Labute approximate surface area is 148 Å². The fraction of sp³-hybridized carbons (Fsp3) is 0.0526. The van der Waals surface area contributed by atoms with Gasteiger partial charge in [-0.05, 0) is 23.3 Å². The van der Waals surface area contributed by atoms with Crippen LogP contribution in [0.4, 0.5) is 5.69 Å². The molecule has 0 heterocycles. The molecule has 5 heteroatoms. The molecule has 0 aliphatic rings. The zero-order valence-electron chi connectivity index (χ0n) is 12.7. The number of benzene rings is 3. The Morgan fingerprint density at radius 3 is 2.17 bits per heavy atom. The molecule has 0 aliphatic carbocycles. The second kappa shape index (κ2) is 7.27. The fourth-order valence-corrected chi connectivity index (χ4v) is 2.75. The molecular formula is C19H14BrNO3. The van der Waals surface area contributed by atoms with Gasteiger partial charge in [-0.1, -0.05) is 70.5 Å². The molecule has 0 saturated carbocycles. The van der Waals surface area contributed by atoms with Crippen LogP contribution < -0.4 is 4.74 Å². The van der Waals surface area contributed by atoms with E-state index in [0.717, 1.165) is 16.5 Å². The van der Waals surface area contributed by atoms with Crippen LogP contribution in [0, 0.1) is 10.1 Å². The number of alkyl halides is 1. The molecule has 4 nitrogen and oxygen atoms in total. The molecule has 0 bridgehead atoms. The number of halogens is 1. The summed E-state index contributed by atoms with van der Waals surface area (Å²) in [4.78, 5) is 10.7. The van der Waals surface area contributed by atoms with Crippen LogP contribution in [0.5, 0.6) is 11.5 Å². The number of nitrogens with zero attached hydrogens (tertiary/aromatic N) is 1. The van der Waals surface area contributed by atoms with Gasteiger partial charge in [0.05, 0.1) is 4.92 Å². The predicted molar refractivity (Wildman–Crippen MR) is 97.7 cm³/mol. The van der Waals surface area contributed by atoms with Gasteiger partial charge in [0.25, 0.3) is 0 Å². The molecule has 0 spiro atoms. The summed E-state index contributed by atoms with van der Waals surface area (Å²) in [5, 5.41) is 12.0. The van der Waals surface area contributed by atoms with E-state index in [2.05, 4.69) is 15.9 Å². The SMILES string of the molecule is O=[N+]([O-])c1ccccc1Oc1ccccc1-c1ccc(CBr)cc1. The summed E-state index contributed by atoms with van der Waals surface area (Å²) in [6, 6.07) is 22.0. The Morgan fingerprint density at radius 2 is 1.50 bits per heavy atom. The van der Waals surface area contributed by atoms with Crippen molar-refractivity contribution in [2.24, 2.45) is 0 Å². The summed E-state index contributed by atoms with van der Waals surface area (Å²) >= 11 is 3.43. The third-order valence-corrected chi connectivity index (χ3v) is 4.24. The number of para-hydroxylation sites is 3. The lowest BCUT2D eigenvalue weighted by molar-refractivity contribution is -0.385. The standard InChI is InChI=1S/C19H14BrNO3/c20-13-14-9-11-15(12-10-14)16-5-1-3-7-18(16)24-19-8-4-2-6-17(19)21(22)23/h1-12H,13H2. The minimum atomic E-state index is -0.442. The van der Waals surface area contributed by atoms with E-state index in [9.17, 15) is 10.1 Å². The van der Waals surface area contributed by atoms with E-state index >= 15 is 0 Å². The van der Waals surface area contributed by atoms with E-state index < -0.39 is 4.92 Å². The van der Waals surface area contributed by atoms with Crippen molar-refractivity contribution >= 4 is 21.6 Å². The van der Waals surface area contributed by atoms with E-state index in [1.165, 1.54) is 11.6 Å². The van der Waals surface area contributed by atoms with Gasteiger partial charge in [0.15, 0.2) is 0 Å². The molecule has 0 amide bonds. The molecule has 0 fully saturated rings. The highest BCUT2D eigenvalue weighted by molar-refractivity contribution is 9.08. The summed E-state index contributed by atoms with van der Waals surface area (Å²) < 4.78 is 5.86. The first-order valence-corrected chi connectivity index (χ1v) is 8.47. The normalized spacial score (nSPS) is 10.4. The van der Waals surface area contributed by atoms with Crippen molar-refractivity contribution in [2.45, 2.75) is 5.33 Å². The molecule has 0 atom stereocenters. The number of nitro benzene ring substituents is 1. The van der Waals surface area contributed by atoms with Crippen LogP contribution in [0.1, 0.15) is 5.56 Å². The minimum absolute atomic E-state index is 0.0538. The zero-order chi connectivity index (χ0) is 16.9. The number of nitro groups is 1. The highest BCUT2D eigenvalue weighted by atomic mass is 79.9. The van der Waals surface area contributed by atoms with Crippen molar-refractivity contribution in [3.8, 4) is 22.6 Å². The van der Waals surface area contributed by atoms with E-state index in [-0.39, 0.29) is 11.4 Å². The molecule has 0 aliphatic heterocycles. The van der Waals surface area contributed by atoms with E-state index in [0.29, 0.717) is 5.75 Å². The lowest BCUT2D eigenvalue weighted by atomic mass is 10.0. The zero-order valence-corrected chi connectivity index (χ0v) is 14.3. The summed E-state index contributed by atoms with van der Waals surface area (Å²) in [6.45, 7) is 0. The molecule has 120 valence electrons. The smallest absolute Gasteiger partial charge is 0.311 e. The predicted octanol–water partition coefficient (Wildman–Crippen LogP) is 5.95. The van der Waals surface area contributed by atoms with Crippen LogP contribution in [0.3, 0.4) is 0 Å². The third kappa shape index (κ3) is 3.46. The first kappa shape index (κ1) is 16.2. The molecule has 24 heavy (non-hydrogen) atoms.